The van der Waals surface area contributed by atoms with Gasteiger partial charge < -0.3 is 9.80 Å². The monoisotopic (exact) mass is 284 g/mol. The minimum atomic E-state index is 0.733. The zero-order valence-corrected chi connectivity index (χ0v) is 14.3. The quantitative estimate of drug-likeness (QED) is 0.732. The van der Waals surface area contributed by atoms with Gasteiger partial charge in [-0.2, -0.15) is 0 Å². The molecule has 2 aliphatic heterocycles. The first-order valence-electron chi connectivity index (χ1n) is 8.33. The number of rotatable bonds is 4. The van der Waals surface area contributed by atoms with E-state index in [0.717, 1.165) is 23.5 Å². The van der Waals surface area contributed by atoms with E-state index >= 15 is 0 Å². The fourth-order valence-corrected chi connectivity index (χ4v) is 4.63. The maximum absolute atomic E-state index is 3.22. The minimum absolute atomic E-state index is 0.733. The number of likely N-dealkylation sites (tertiary alicyclic amines) is 2. The molecule has 19 heavy (non-hydrogen) atoms. The highest BCUT2D eigenvalue weighted by molar-refractivity contribution is 7.17. The van der Waals surface area contributed by atoms with Crippen molar-refractivity contribution in [1.29, 1.82) is 0 Å². The summed E-state index contributed by atoms with van der Waals surface area (Å²) < 4.78 is 0. The largest absolute Gasteiger partial charge is 0.304 e. The van der Waals surface area contributed by atoms with Crippen molar-refractivity contribution in [1.82, 2.24) is 9.80 Å². The van der Waals surface area contributed by atoms with Crippen LogP contribution in [0, 0.1) is 11.8 Å². The molecule has 2 rings (SSSR count). The van der Waals surface area contributed by atoms with E-state index in [1.807, 2.05) is 0 Å². The van der Waals surface area contributed by atoms with Gasteiger partial charge in [0.1, 0.15) is 0 Å². The third-order valence-corrected chi connectivity index (χ3v) is 6.56. The molecule has 2 nitrogen and oxygen atoms in total. The first-order valence-corrected chi connectivity index (χ1v) is 9.00. The lowest BCUT2D eigenvalue weighted by Gasteiger charge is -2.41. The molecule has 0 spiro atoms. The Morgan fingerprint density at radius 2 is 1.42 bits per heavy atom. The van der Waals surface area contributed by atoms with Crippen molar-refractivity contribution in [3.63, 3.8) is 0 Å². The van der Waals surface area contributed by atoms with Gasteiger partial charge in [-0.1, -0.05) is 6.92 Å². The zero-order valence-electron chi connectivity index (χ0n) is 13.1. The highest BCUT2D eigenvalue weighted by Gasteiger charge is 2.31. The van der Waals surface area contributed by atoms with Crippen LogP contribution in [-0.4, -0.2) is 54.2 Å². The summed E-state index contributed by atoms with van der Waals surface area (Å²) in [5.74, 6) is 1.92. The topological polar surface area (TPSA) is 6.48 Å². The molecular formula is C16H33N2P. The third-order valence-electron chi connectivity index (χ3n) is 5.47. The molecule has 2 fully saturated rings. The summed E-state index contributed by atoms with van der Waals surface area (Å²) in [6, 6.07) is 0.733. The van der Waals surface area contributed by atoms with Gasteiger partial charge >= 0.3 is 0 Å². The maximum atomic E-state index is 3.22. The summed E-state index contributed by atoms with van der Waals surface area (Å²) in [5, 5.41) is 0. The Kier molecular flexibility index (Phi) is 6.11. The minimum Gasteiger partial charge on any atom is -0.304 e. The van der Waals surface area contributed by atoms with Crippen LogP contribution in [0.25, 0.3) is 0 Å². The second kappa shape index (κ2) is 7.38. The molecule has 0 bridgehead atoms. The van der Waals surface area contributed by atoms with Gasteiger partial charge in [0.05, 0.1) is 0 Å². The maximum Gasteiger partial charge on any atom is 0.00385 e. The van der Waals surface area contributed by atoms with Crippen LogP contribution in [0.1, 0.15) is 46.5 Å². The van der Waals surface area contributed by atoms with E-state index in [1.165, 1.54) is 58.4 Å². The predicted molar refractivity (Wildman–Crippen MR) is 87.8 cm³/mol. The van der Waals surface area contributed by atoms with Gasteiger partial charge in [0, 0.05) is 6.04 Å². The van der Waals surface area contributed by atoms with E-state index in [9.17, 15) is 0 Å². The third kappa shape index (κ3) is 4.16. The van der Waals surface area contributed by atoms with Crippen molar-refractivity contribution in [2.75, 3.05) is 32.7 Å². The van der Waals surface area contributed by atoms with Crippen LogP contribution in [0.15, 0.2) is 0 Å². The van der Waals surface area contributed by atoms with Gasteiger partial charge in [0.2, 0.25) is 0 Å². The lowest BCUT2D eigenvalue weighted by atomic mass is 9.82. The molecule has 3 heteroatoms. The van der Waals surface area contributed by atoms with E-state index in [4.69, 9.17) is 0 Å². The molecule has 2 unspecified atom stereocenters. The number of piperidine rings is 2. The molecular weight excluding hydrogens is 251 g/mol. The molecule has 0 aromatic rings. The Labute approximate surface area is 122 Å². The number of hydrogen-bond donors (Lipinski definition) is 0. The second-order valence-corrected chi connectivity index (χ2v) is 7.59. The summed E-state index contributed by atoms with van der Waals surface area (Å²) in [6.45, 7) is 13.5. The lowest BCUT2D eigenvalue weighted by molar-refractivity contribution is 0.123. The molecule has 2 heterocycles. The predicted octanol–water partition coefficient (Wildman–Crippen LogP) is 3.08. The van der Waals surface area contributed by atoms with Gasteiger partial charge in [-0.25, -0.2) is 0 Å². The molecule has 0 saturated carbocycles. The van der Waals surface area contributed by atoms with E-state index in [1.54, 1.807) is 0 Å². The first-order chi connectivity index (χ1) is 9.11. The number of nitrogens with zero attached hydrogens (tertiary/aromatic N) is 2. The van der Waals surface area contributed by atoms with Gasteiger partial charge in [-0.15, -0.1) is 9.24 Å². The average Bonchev–Trinajstić information content (AvgIpc) is 2.46. The van der Waals surface area contributed by atoms with Crippen LogP contribution < -0.4 is 0 Å². The van der Waals surface area contributed by atoms with Gasteiger partial charge in [0.15, 0.2) is 0 Å². The van der Waals surface area contributed by atoms with Crippen molar-refractivity contribution in [3.8, 4) is 0 Å². The zero-order chi connectivity index (χ0) is 13.8. The second-order valence-electron chi connectivity index (χ2n) is 6.82. The molecule has 0 N–H and O–H groups in total. The summed E-state index contributed by atoms with van der Waals surface area (Å²) >= 11 is 0. The van der Waals surface area contributed by atoms with E-state index < -0.39 is 0 Å². The van der Waals surface area contributed by atoms with Crippen LogP contribution in [0.3, 0.4) is 0 Å². The van der Waals surface area contributed by atoms with Crippen LogP contribution in [0.4, 0.5) is 0 Å². The fourth-order valence-electron chi connectivity index (χ4n) is 3.86. The van der Waals surface area contributed by atoms with E-state index in [2.05, 4.69) is 39.8 Å². The fraction of sp³-hybridized carbons (Fsp3) is 1.00. The lowest BCUT2D eigenvalue weighted by Crippen LogP contribution is -2.43. The molecule has 0 aliphatic carbocycles. The van der Waals surface area contributed by atoms with Crippen LogP contribution in [-0.2, 0) is 0 Å². The smallest absolute Gasteiger partial charge is 0.00385 e. The van der Waals surface area contributed by atoms with Crippen molar-refractivity contribution < 1.29 is 0 Å². The highest BCUT2D eigenvalue weighted by Crippen LogP contribution is 2.35. The Balaban J connectivity index is 1.77. The number of hydrogen-bond acceptors (Lipinski definition) is 2. The standard InChI is InChI=1S/C16H33N2P/c1-4-17-9-5-14(6-10-17)16(19)15-7-11-18(12-8-15)13(2)3/h13-16H,4-12,19H2,1-3H3. The van der Waals surface area contributed by atoms with Crippen molar-refractivity contribution >= 4 is 9.24 Å². The molecule has 0 amide bonds. The molecule has 112 valence electrons. The van der Waals surface area contributed by atoms with Crippen molar-refractivity contribution in [3.05, 3.63) is 0 Å². The summed E-state index contributed by atoms with van der Waals surface area (Å²) in [6.07, 6.45) is 5.68. The Hall–Kier alpha value is 0.350. The molecule has 0 aromatic carbocycles. The van der Waals surface area contributed by atoms with Gasteiger partial charge in [0.25, 0.3) is 0 Å². The Morgan fingerprint density at radius 3 is 1.84 bits per heavy atom. The Bertz CT molecular complexity index is 253. The summed E-state index contributed by atoms with van der Waals surface area (Å²) in [5.41, 5.74) is 0.869. The van der Waals surface area contributed by atoms with Crippen LogP contribution >= 0.6 is 9.24 Å². The Morgan fingerprint density at radius 1 is 0.947 bits per heavy atom. The van der Waals surface area contributed by atoms with E-state index in [-0.39, 0.29) is 0 Å². The first kappa shape index (κ1) is 15.7. The van der Waals surface area contributed by atoms with Crippen LogP contribution in [0.5, 0.6) is 0 Å². The summed E-state index contributed by atoms with van der Waals surface area (Å²) in [7, 11) is 3.22. The molecule has 0 radical (unpaired) electrons. The van der Waals surface area contributed by atoms with Crippen molar-refractivity contribution in [2.24, 2.45) is 11.8 Å². The highest BCUT2D eigenvalue weighted by atomic mass is 31.0. The molecule has 2 atom stereocenters. The summed E-state index contributed by atoms with van der Waals surface area (Å²) in [4.78, 5) is 5.25. The van der Waals surface area contributed by atoms with Crippen molar-refractivity contribution in [2.45, 2.75) is 58.2 Å². The molecule has 0 aromatic heterocycles. The van der Waals surface area contributed by atoms with E-state index in [0.29, 0.717) is 0 Å². The average molecular weight is 284 g/mol. The molecule has 2 aliphatic rings. The van der Waals surface area contributed by atoms with Gasteiger partial charge in [-0.05, 0) is 89.7 Å². The van der Waals surface area contributed by atoms with Crippen LogP contribution in [0.2, 0.25) is 0 Å². The normalized spacial score (nSPS) is 27.0. The SMILES string of the molecule is CCN1CCC(C(P)C2CCN(C(C)C)CC2)CC1. The molecule has 2 saturated heterocycles. The van der Waals surface area contributed by atoms with Gasteiger partial charge in [-0.3, -0.25) is 0 Å².